The summed E-state index contributed by atoms with van der Waals surface area (Å²) >= 11 is 0. The first kappa shape index (κ1) is 17.4. The lowest BCUT2D eigenvalue weighted by Gasteiger charge is -2.44. The van der Waals surface area contributed by atoms with Gasteiger partial charge in [0.1, 0.15) is 11.3 Å². The van der Waals surface area contributed by atoms with Gasteiger partial charge in [-0.25, -0.2) is 4.79 Å². The van der Waals surface area contributed by atoms with Crippen molar-refractivity contribution in [2.24, 2.45) is 0 Å². The normalized spacial score (nSPS) is 27.8. The predicted octanol–water partition coefficient (Wildman–Crippen LogP) is 4.38. The zero-order valence-corrected chi connectivity index (χ0v) is 16.2. The van der Waals surface area contributed by atoms with E-state index in [0.717, 1.165) is 23.6 Å². The van der Waals surface area contributed by atoms with Gasteiger partial charge >= 0.3 is 5.97 Å². The fourth-order valence-electron chi connectivity index (χ4n) is 4.78. The van der Waals surface area contributed by atoms with Crippen molar-refractivity contribution in [1.29, 1.82) is 0 Å². The number of Topliss-reactive ketones (excluding diaryl/α,β-unsaturated/α-hetero) is 1. The molecule has 1 aliphatic carbocycles. The molecule has 28 heavy (non-hydrogen) atoms. The minimum Gasteiger partial charge on any atom is -0.456 e. The van der Waals surface area contributed by atoms with Gasteiger partial charge in [0.2, 0.25) is 11.6 Å². The third kappa shape index (κ3) is 2.17. The fraction of sp³-hybridized carbons (Fsp3) is 0.391. The van der Waals surface area contributed by atoms with Gasteiger partial charge in [-0.3, -0.25) is 4.79 Å². The number of benzene rings is 2. The first-order valence-electron chi connectivity index (χ1n) is 9.78. The Morgan fingerprint density at radius 3 is 2.57 bits per heavy atom. The van der Waals surface area contributed by atoms with E-state index in [-0.39, 0.29) is 17.5 Å². The third-order valence-corrected chi connectivity index (χ3v) is 5.76. The zero-order valence-electron chi connectivity index (χ0n) is 16.2. The number of rotatable bonds is 2. The summed E-state index contributed by atoms with van der Waals surface area (Å²) in [5, 5.41) is 1.80. The second-order valence-electron chi connectivity index (χ2n) is 8.14. The molecule has 0 saturated heterocycles. The molecule has 5 rings (SSSR count). The van der Waals surface area contributed by atoms with Gasteiger partial charge in [0, 0.05) is 31.4 Å². The summed E-state index contributed by atoms with van der Waals surface area (Å²) in [6.07, 6.45) is 1.93. The highest BCUT2D eigenvalue weighted by Gasteiger charge is 2.60. The molecule has 2 aromatic carbocycles. The summed E-state index contributed by atoms with van der Waals surface area (Å²) < 4.78 is 18.1. The highest BCUT2D eigenvalue weighted by molar-refractivity contribution is 6.23. The molecule has 2 aliphatic heterocycles. The second-order valence-corrected chi connectivity index (χ2v) is 8.14. The molecule has 2 heterocycles. The number of hydrogen-bond donors (Lipinski definition) is 0. The van der Waals surface area contributed by atoms with E-state index in [0.29, 0.717) is 23.3 Å². The van der Waals surface area contributed by atoms with Gasteiger partial charge in [0.25, 0.3) is 0 Å². The SMILES string of the molecule is CCC[C@@H]1CC2=C(C(=O)OC(C)(C)O2)[C@]2(O1)C(=O)c1cccc3cccc2c13. The van der Waals surface area contributed by atoms with Crippen molar-refractivity contribution >= 4 is 22.5 Å². The molecule has 1 spiro atoms. The third-order valence-electron chi connectivity index (χ3n) is 5.76. The molecule has 0 radical (unpaired) electrons. The van der Waals surface area contributed by atoms with Crippen LogP contribution < -0.4 is 0 Å². The Bertz CT molecular complexity index is 1060. The minimum absolute atomic E-state index is 0.202. The van der Waals surface area contributed by atoms with Crippen LogP contribution in [0.15, 0.2) is 47.7 Å². The molecular weight excluding hydrogens is 356 g/mol. The second kappa shape index (κ2) is 5.67. The summed E-state index contributed by atoms with van der Waals surface area (Å²) in [6, 6.07) is 11.4. The number of cyclic esters (lactones) is 1. The predicted molar refractivity (Wildman–Crippen MR) is 103 cm³/mol. The molecule has 0 aromatic heterocycles. The molecule has 5 nitrogen and oxygen atoms in total. The Kier molecular flexibility index (Phi) is 3.53. The van der Waals surface area contributed by atoms with E-state index in [1.165, 1.54) is 0 Å². The molecule has 0 saturated carbocycles. The van der Waals surface area contributed by atoms with Gasteiger partial charge in [-0.2, -0.15) is 0 Å². The van der Waals surface area contributed by atoms with Crippen LogP contribution in [-0.4, -0.2) is 23.6 Å². The molecular formula is C23H22O5. The van der Waals surface area contributed by atoms with E-state index in [1.54, 1.807) is 19.9 Å². The van der Waals surface area contributed by atoms with E-state index in [1.807, 2.05) is 30.3 Å². The Labute approximate surface area is 163 Å². The number of ether oxygens (including phenoxy) is 3. The Hall–Kier alpha value is -2.66. The molecule has 3 aliphatic rings. The smallest absolute Gasteiger partial charge is 0.344 e. The first-order valence-corrected chi connectivity index (χ1v) is 9.78. The number of carbonyl (C=O) groups excluding carboxylic acids is 2. The van der Waals surface area contributed by atoms with Crippen molar-refractivity contribution in [3.63, 3.8) is 0 Å². The van der Waals surface area contributed by atoms with Crippen LogP contribution in [0.4, 0.5) is 0 Å². The Morgan fingerprint density at radius 1 is 1.07 bits per heavy atom. The molecule has 5 heteroatoms. The van der Waals surface area contributed by atoms with Crippen LogP contribution in [0.25, 0.3) is 10.8 Å². The van der Waals surface area contributed by atoms with Crippen LogP contribution in [0, 0.1) is 0 Å². The fourth-order valence-corrected chi connectivity index (χ4v) is 4.78. The number of esters is 1. The Morgan fingerprint density at radius 2 is 1.82 bits per heavy atom. The van der Waals surface area contributed by atoms with Crippen molar-refractivity contribution < 1.29 is 23.8 Å². The zero-order chi connectivity index (χ0) is 19.7. The van der Waals surface area contributed by atoms with E-state index in [4.69, 9.17) is 14.2 Å². The van der Waals surface area contributed by atoms with Crippen molar-refractivity contribution in [2.45, 2.75) is 57.5 Å². The molecule has 2 aromatic rings. The number of carbonyl (C=O) groups is 2. The minimum atomic E-state index is -1.50. The van der Waals surface area contributed by atoms with Crippen LogP contribution in [0.1, 0.15) is 56.0 Å². The lowest BCUT2D eigenvalue weighted by molar-refractivity contribution is -0.221. The maximum atomic E-state index is 13.7. The topological polar surface area (TPSA) is 61.8 Å². The number of hydrogen-bond acceptors (Lipinski definition) is 5. The van der Waals surface area contributed by atoms with Crippen LogP contribution in [-0.2, 0) is 24.6 Å². The molecule has 0 fully saturated rings. The quantitative estimate of drug-likeness (QED) is 0.726. The van der Waals surface area contributed by atoms with E-state index in [2.05, 4.69) is 6.92 Å². The van der Waals surface area contributed by atoms with E-state index < -0.39 is 17.4 Å². The largest absolute Gasteiger partial charge is 0.456 e. The molecule has 0 amide bonds. The standard InChI is InChI=1S/C23H22O5/c1-4-7-14-12-17-19(21(25)28-22(2,3)27-17)23(26-14)16-11-6-9-13-8-5-10-15(18(13)16)20(23)24/h5-6,8-11,14H,4,7,12H2,1-3H3/t14-,23+/m1/s1. The average Bonchev–Trinajstić information content (AvgIpc) is 2.86. The van der Waals surface area contributed by atoms with E-state index in [9.17, 15) is 9.59 Å². The van der Waals surface area contributed by atoms with Crippen molar-refractivity contribution in [3.8, 4) is 0 Å². The van der Waals surface area contributed by atoms with Gasteiger partial charge in [0.05, 0.1) is 6.10 Å². The average molecular weight is 378 g/mol. The molecule has 144 valence electrons. The molecule has 0 N–H and O–H groups in total. The summed E-state index contributed by atoms with van der Waals surface area (Å²) in [6.45, 7) is 5.49. The van der Waals surface area contributed by atoms with Crippen molar-refractivity contribution in [3.05, 3.63) is 58.9 Å². The van der Waals surface area contributed by atoms with Crippen LogP contribution >= 0.6 is 0 Å². The number of fused-ring (bicyclic) bond motifs is 2. The van der Waals surface area contributed by atoms with E-state index >= 15 is 0 Å². The number of ketones is 1. The van der Waals surface area contributed by atoms with Crippen molar-refractivity contribution in [2.75, 3.05) is 0 Å². The molecule has 0 unspecified atom stereocenters. The van der Waals surface area contributed by atoms with Gasteiger partial charge in [0.15, 0.2) is 5.60 Å². The van der Waals surface area contributed by atoms with Gasteiger partial charge in [-0.1, -0.05) is 49.7 Å². The molecule has 2 atom stereocenters. The highest BCUT2D eigenvalue weighted by Crippen LogP contribution is 2.54. The van der Waals surface area contributed by atoms with Gasteiger partial charge in [-0.15, -0.1) is 0 Å². The molecule has 0 bridgehead atoms. The Balaban J connectivity index is 1.81. The van der Waals surface area contributed by atoms with Gasteiger partial charge in [-0.05, 0) is 17.2 Å². The highest BCUT2D eigenvalue weighted by atomic mass is 16.7. The maximum Gasteiger partial charge on any atom is 0.344 e. The van der Waals surface area contributed by atoms with Crippen LogP contribution in [0.3, 0.4) is 0 Å². The first-order chi connectivity index (χ1) is 13.4. The lowest BCUT2D eigenvalue weighted by Crippen LogP contribution is -2.52. The lowest BCUT2D eigenvalue weighted by atomic mass is 9.80. The summed E-state index contributed by atoms with van der Waals surface area (Å²) in [5.41, 5.74) is -0.00808. The summed E-state index contributed by atoms with van der Waals surface area (Å²) in [7, 11) is 0. The monoisotopic (exact) mass is 378 g/mol. The van der Waals surface area contributed by atoms with Gasteiger partial charge < -0.3 is 14.2 Å². The maximum absolute atomic E-state index is 13.7. The summed E-state index contributed by atoms with van der Waals surface area (Å²) in [5.74, 6) is -1.30. The van der Waals surface area contributed by atoms with Crippen LogP contribution in [0.5, 0.6) is 0 Å². The van der Waals surface area contributed by atoms with Crippen LogP contribution in [0.2, 0.25) is 0 Å². The van der Waals surface area contributed by atoms with Crippen molar-refractivity contribution in [1.82, 2.24) is 0 Å². The summed E-state index contributed by atoms with van der Waals surface area (Å²) in [4.78, 5) is 26.8.